The number of nitrogens with zero attached hydrogens (tertiary/aromatic N) is 2. The van der Waals surface area contributed by atoms with E-state index in [0.29, 0.717) is 21.6 Å². The number of aliphatic imine (C=N–C) groups is 1. The van der Waals surface area contributed by atoms with Crippen molar-refractivity contribution in [1.29, 1.82) is 0 Å². The Balaban J connectivity index is 1.74. The number of para-hydroxylation sites is 1. The molecule has 2 amide bonds. The number of methoxy groups -OCH3 is 1. The molecule has 8 heteroatoms. The van der Waals surface area contributed by atoms with Gasteiger partial charge in [-0.2, -0.15) is 0 Å². The van der Waals surface area contributed by atoms with Crippen LogP contribution in [-0.4, -0.2) is 41.3 Å². The predicted molar refractivity (Wildman–Crippen MR) is 114 cm³/mol. The zero-order valence-corrected chi connectivity index (χ0v) is 17.3. The van der Waals surface area contributed by atoms with Gasteiger partial charge >= 0.3 is 0 Å². The molecule has 1 fully saturated rings. The van der Waals surface area contributed by atoms with E-state index in [1.165, 1.54) is 16.7 Å². The largest absolute Gasteiger partial charge is 0.494 e. The summed E-state index contributed by atoms with van der Waals surface area (Å²) in [5.74, 6) is 0.180. The molecule has 1 atom stereocenters. The maximum absolute atomic E-state index is 12.6. The van der Waals surface area contributed by atoms with Crippen molar-refractivity contribution in [3.8, 4) is 5.75 Å². The van der Waals surface area contributed by atoms with Crippen molar-refractivity contribution in [2.75, 3.05) is 19.5 Å². The minimum atomic E-state index is -0.530. The first-order chi connectivity index (χ1) is 13.4. The Kier molecular flexibility index (Phi) is 6.26. The molecular formula is C20H20ClN3O3S. The van der Waals surface area contributed by atoms with Crippen molar-refractivity contribution in [1.82, 2.24) is 4.90 Å². The number of ether oxygens (including phenoxy) is 1. The third kappa shape index (κ3) is 4.48. The van der Waals surface area contributed by atoms with E-state index in [1.54, 1.807) is 32.4 Å². The van der Waals surface area contributed by atoms with E-state index in [-0.39, 0.29) is 18.2 Å². The van der Waals surface area contributed by atoms with Crippen LogP contribution in [0.4, 0.5) is 11.4 Å². The van der Waals surface area contributed by atoms with Crippen LogP contribution in [0.2, 0.25) is 5.02 Å². The van der Waals surface area contributed by atoms with Gasteiger partial charge < -0.3 is 10.1 Å². The Morgan fingerprint density at radius 2 is 2.07 bits per heavy atom. The van der Waals surface area contributed by atoms with Gasteiger partial charge in [-0.15, -0.1) is 0 Å². The molecule has 2 aromatic rings. The van der Waals surface area contributed by atoms with E-state index >= 15 is 0 Å². The summed E-state index contributed by atoms with van der Waals surface area (Å²) in [4.78, 5) is 31.0. The summed E-state index contributed by atoms with van der Waals surface area (Å²) < 4.78 is 5.30. The van der Waals surface area contributed by atoms with E-state index in [1.807, 2.05) is 31.2 Å². The molecule has 3 rings (SSSR count). The molecule has 1 unspecified atom stereocenters. The first-order valence-electron chi connectivity index (χ1n) is 8.61. The highest BCUT2D eigenvalue weighted by Crippen LogP contribution is 2.35. The average molecular weight is 418 g/mol. The van der Waals surface area contributed by atoms with E-state index in [9.17, 15) is 9.59 Å². The number of hydrogen-bond donors (Lipinski definition) is 1. The number of aryl methyl sites for hydroxylation is 1. The van der Waals surface area contributed by atoms with Crippen molar-refractivity contribution < 1.29 is 14.3 Å². The smallest absolute Gasteiger partial charge is 0.242 e. The quantitative estimate of drug-likeness (QED) is 0.789. The zero-order valence-electron chi connectivity index (χ0n) is 15.7. The molecule has 0 spiro atoms. The van der Waals surface area contributed by atoms with Crippen LogP contribution in [0.1, 0.15) is 12.0 Å². The molecule has 6 nitrogen and oxygen atoms in total. The Morgan fingerprint density at radius 1 is 1.32 bits per heavy atom. The van der Waals surface area contributed by atoms with E-state index < -0.39 is 5.25 Å². The van der Waals surface area contributed by atoms with E-state index in [4.69, 9.17) is 16.3 Å². The average Bonchev–Trinajstić information content (AvgIpc) is 2.92. The highest BCUT2D eigenvalue weighted by atomic mass is 35.5. The van der Waals surface area contributed by atoms with Crippen LogP contribution in [-0.2, 0) is 9.59 Å². The molecule has 1 N–H and O–H groups in total. The first kappa shape index (κ1) is 20.2. The van der Waals surface area contributed by atoms with Crippen LogP contribution in [0.5, 0.6) is 5.75 Å². The molecule has 1 saturated heterocycles. The summed E-state index contributed by atoms with van der Waals surface area (Å²) in [6.45, 7) is 1.92. The lowest BCUT2D eigenvalue weighted by Gasteiger charge is -2.11. The minimum Gasteiger partial charge on any atom is -0.494 e. The van der Waals surface area contributed by atoms with Gasteiger partial charge in [0.2, 0.25) is 11.8 Å². The standard InChI is InChI=1S/C20H20ClN3O3S/c1-12-6-4-5-7-14(12)22-18(25)11-17-19(26)24(2)20(28-17)23-15-10-13(21)8-9-16(15)27-3/h4-10,17H,11H2,1-3H3,(H,22,25). The van der Waals surface area contributed by atoms with Crippen LogP contribution in [0.25, 0.3) is 0 Å². The summed E-state index contributed by atoms with van der Waals surface area (Å²) in [7, 11) is 3.19. The summed E-state index contributed by atoms with van der Waals surface area (Å²) >= 11 is 7.30. The second-order valence-electron chi connectivity index (χ2n) is 6.28. The molecule has 0 saturated carbocycles. The van der Waals surface area contributed by atoms with Crippen molar-refractivity contribution in [2.24, 2.45) is 4.99 Å². The van der Waals surface area contributed by atoms with Crippen molar-refractivity contribution in [2.45, 2.75) is 18.6 Å². The maximum atomic E-state index is 12.6. The molecular weight excluding hydrogens is 398 g/mol. The molecule has 0 bridgehead atoms. The maximum Gasteiger partial charge on any atom is 0.242 e. The molecule has 0 aromatic heterocycles. The predicted octanol–water partition coefficient (Wildman–Crippen LogP) is 4.25. The van der Waals surface area contributed by atoms with Crippen molar-refractivity contribution >= 4 is 51.7 Å². The molecule has 0 aliphatic carbocycles. The van der Waals surface area contributed by atoms with Crippen LogP contribution in [0.3, 0.4) is 0 Å². The highest BCUT2D eigenvalue weighted by molar-refractivity contribution is 8.15. The number of thioether (sulfide) groups is 1. The fourth-order valence-electron chi connectivity index (χ4n) is 2.73. The normalized spacial score (nSPS) is 17.9. The van der Waals surface area contributed by atoms with Gasteiger partial charge in [-0.05, 0) is 36.8 Å². The fraction of sp³-hybridized carbons (Fsp3) is 0.250. The van der Waals surface area contributed by atoms with Crippen LogP contribution in [0.15, 0.2) is 47.5 Å². The Labute approximate surface area is 172 Å². The van der Waals surface area contributed by atoms with Gasteiger partial charge in [-0.3, -0.25) is 14.5 Å². The van der Waals surface area contributed by atoms with Gasteiger partial charge in [-0.25, -0.2) is 4.99 Å². The molecule has 1 aliphatic rings. The second kappa shape index (κ2) is 8.67. The Hall–Kier alpha value is -2.51. The van der Waals surface area contributed by atoms with E-state index in [2.05, 4.69) is 10.3 Å². The SMILES string of the molecule is COc1ccc(Cl)cc1N=C1SC(CC(=O)Nc2ccccc2C)C(=O)N1C. The first-order valence-corrected chi connectivity index (χ1v) is 9.86. The van der Waals surface area contributed by atoms with Gasteiger partial charge in [-0.1, -0.05) is 41.6 Å². The summed E-state index contributed by atoms with van der Waals surface area (Å²) in [6, 6.07) is 12.6. The number of nitrogens with one attached hydrogen (secondary N) is 1. The summed E-state index contributed by atoms with van der Waals surface area (Å²) in [6.07, 6.45) is 0.0634. The van der Waals surface area contributed by atoms with Crippen LogP contribution >= 0.6 is 23.4 Å². The Bertz CT molecular complexity index is 948. The van der Waals surface area contributed by atoms with Gasteiger partial charge in [0.25, 0.3) is 0 Å². The van der Waals surface area contributed by atoms with Gasteiger partial charge in [0.15, 0.2) is 5.17 Å². The number of hydrogen-bond acceptors (Lipinski definition) is 5. The lowest BCUT2D eigenvalue weighted by molar-refractivity contribution is -0.127. The van der Waals surface area contributed by atoms with E-state index in [0.717, 1.165) is 11.3 Å². The lowest BCUT2D eigenvalue weighted by atomic mass is 10.2. The second-order valence-corrected chi connectivity index (χ2v) is 7.89. The highest BCUT2D eigenvalue weighted by Gasteiger charge is 2.37. The molecule has 2 aromatic carbocycles. The molecule has 28 heavy (non-hydrogen) atoms. The van der Waals surface area contributed by atoms with Crippen molar-refractivity contribution in [3.63, 3.8) is 0 Å². The number of rotatable bonds is 5. The molecule has 146 valence electrons. The third-order valence-corrected chi connectivity index (χ3v) is 5.75. The molecule has 0 radical (unpaired) electrons. The number of carbonyl (C=O) groups is 2. The fourth-order valence-corrected chi connectivity index (χ4v) is 4.05. The lowest BCUT2D eigenvalue weighted by Crippen LogP contribution is -2.30. The van der Waals surface area contributed by atoms with Crippen molar-refractivity contribution in [3.05, 3.63) is 53.1 Å². The molecule has 1 aliphatic heterocycles. The van der Waals surface area contributed by atoms with Gasteiger partial charge in [0.1, 0.15) is 16.7 Å². The van der Waals surface area contributed by atoms with Crippen LogP contribution in [0, 0.1) is 6.92 Å². The van der Waals surface area contributed by atoms with Gasteiger partial charge in [0.05, 0.1) is 7.11 Å². The minimum absolute atomic E-state index is 0.0634. The number of carbonyl (C=O) groups excluding carboxylic acids is 2. The van der Waals surface area contributed by atoms with Gasteiger partial charge in [0, 0.05) is 24.2 Å². The number of amides is 2. The number of anilines is 1. The number of benzene rings is 2. The topological polar surface area (TPSA) is 71.0 Å². The monoisotopic (exact) mass is 417 g/mol. The number of amidine groups is 1. The van der Waals surface area contributed by atoms with Crippen LogP contribution < -0.4 is 10.1 Å². The molecule has 1 heterocycles. The number of halogens is 1. The summed E-state index contributed by atoms with van der Waals surface area (Å²) in [5, 5.41) is 3.35. The zero-order chi connectivity index (χ0) is 20.3. The third-order valence-electron chi connectivity index (χ3n) is 4.29. The Morgan fingerprint density at radius 3 is 2.79 bits per heavy atom. The summed E-state index contributed by atoms with van der Waals surface area (Å²) in [5.41, 5.74) is 2.24.